The van der Waals surface area contributed by atoms with E-state index >= 15 is 0 Å². The molecule has 0 amide bonds. The van der Waals surface area contributed by atoms with Crippen LogP contribution in [0.25, 0.3) is 0 Å². The molecule has 100 valence electrons. The second kappa shape index (κ2) is 6.14. The van der Waals surface area contributed by atoms with Gasteiger partial charge in [0, 0.05) is 17.8 Å². The van der Waals surface area contributed by atoms with Crippen LogP contribution in [0, 0.1) is 0 Å². The first-order chi connectivity index (χ1) is 9.13. The molecule has 3 heteroatoms. The fourth-order valence-corrected chi connectivity index (χ4v) is 2.00. The summed E-state index contributed by atoms with van der Waals surface area (Å²) < 4.78 is 0. The second-order valence-electron chi connectivity index (χ2n) is 4.80. The lowest BCUT2D eigenvalue weighted by atomic mass is 10.1. The highest BCUT2D eigenvalue weighted by Gasteiger charge is 2.03. The summed E-state index contributed by atoms with van der Waals surface area (Å²) in [7, 11) is 0. The topological polar surface area (TPSA) is 52.5 Å². The Balaban J connectivity index is 1.84. The summed E-state index contributed by atoms with van der Waals surface area (Å²) in [5.41, 5.74) is 2.14. The number of phenolic OH excluding ortho intramolecular Hbond substituents is 2. The molecule has 0 aliphatic heterocycles. The van der Waals surface area contributed by atoms with Gasteiger partial charge in [0.05, 0.1) is 0 Å². The Kier molecular flexibility index (Phi) is 4.29. The smallest absolute Gasteiger partial charge is 0.117 e. The number of aromatic hydroxyl groups is 2. The number of hydrogen-bond donors (Lipinski definition) is 3. The van der Waals surface area contributed by atoms with Gasteiger partial charge >= 0.3 is 0 Å². The number of rotatable bonds is 5. The average Bonchev–Trinajstić information content (AvgIpc) is 2.38. The quantitative estimate of drug-likeness (QED) is 0.768. The van der Waals surface area contributed by atoms with E-state index in [2.05, 4.69) is 12.2 Å². The lowest BCUT2D eigenvalue weighted by molar-refractivity contribution is 0.475. The average molecular weight is 257 g/mol. The first-order valence-electron chi connectivity index (χ1n) is 6.47. The van der Waals surface area contributed by atoms with Gasteiger partial charge < -0.3 is 15.5 Å². The van der Waals surface area contributed by atoms with E-state index in [1.807, 2.05) is 24.3 Å². The van der Waals surface area contributed by atoms with E-state index in [0.29, 0.717) is 11.8 Å². The van der Waals surface area contributed by atoms with Gasteiger partial charge in [0.15, 0.2) is 0 Å². The molecule has 0 aromatic heterocycles. The van der Waals surface area contributed by atoms with Crippen LogP contribution in [0.3, 0.4) is 0 Å². The van der Waals surface area contributed by atoms with E-state index in [9.17, 15) is 10.2 Å². The van der Waals surface area contributed by atoms with Gasteiger partial charge in [-0.3, -0.25) is 0 Å². The Bertz CT molecular complexity index is 523. The minimum atomic E-state index is 0.274. The van der Waals surface area contributed by atoms with Crippen molar-refractivity contribution in [2.75, 3.05) is 5.32 Å². The van der Waals surface area contributed by atoms with E-state index in [1.54, 1.807) is 24.3 Å². The highest BCUT2D eigenvalue weighted by molar-refractivity contribution is 5.48. The SMILES string of the molecule is CC(CCc1ccc(O)cc1)Nc1cccc(O)c1. The third-order valence-corrected chi connectivity index (χ3v) is 3.06. The van der Waals surface area contributed by atoms with E-state index in [1.165, 1.54) is 5.56 Å². The van der Waals surface area contributed by atoms with Crippen molar-refractivity contribution in [2.24, 2.45) is 0 Å². The summed E-state index contributed by atoms with van der Waals surface area (Å²) in [4.78, 5) is 0. The van der Waals surface area contributed by atoms with Crippen LogP contribution in [-0.4, -0.2) is 16.3 Å². The number of hydrogen-bond acceptors (Lipinski definition) is 3. The Morgan fingerprint density at radius 3 is 2.42 bits per heavy atom. The van der Waals surface area contributed by atoms with Crippen LogP contribution < -0.4 is 5.32 Å². The fourth-order valence-electron chi connectivity index (χ4n) is 2.00. The maximum Gasteiger partial charge on any atom is 0.117 e. The van der Waals surface area contributed by atoms with Crippen molar-refractivity contribution < 1.29 is 10.2 Å². The monoisotopic (exact) mass is 257 g/mol. The molecule has 0 fully saturated rings. The van der Waals surface area contributed by atoms with Gasteiger partial charge in [0.2, 0.25) is 0 Å². The van der Waals surface area contributed by atoms with Crippen molar-refractivity contribution >= 4 is 5.69 Å². The summed E-state index contributed by atoms with van der Waals surface area (Å²) in [5.74, 6) is 0.574. The minimum absolute atomic E-state index is 0.274. The first-order valence-corrected chi connectivity index (χ1v) is 6.47. The van der Waals surface area contributed by atoms with Gasteiger partial charge in [0.25, 0.3) is 0 Å². The van der Waals surface area contributed by atoms with Gasteiger partial charge in [-0.15, -0.1) is 0 Å². The number of phenols is 2. The molecule has 0 bridgehead atoms. The van der Waals surface area contributed by atoms with Crippen LogP contribution in [-0.2, 0) is 6.42 Å². The van der Waals surface area contributed by atoms with Crippen LogP contribution >= 0.6 is 0 Å². The van der Waals surface area contributed by atoms with Crippen LogP contribution in [0.15, 0.2) is 48.5 Å². The summed E-state index contributed by atoms with van der Waals surface area (Å²) in [6, 6.07) is 14.8. The molecule has 3 nitrogen and oxygen atoms in total. The molecule has 0 spiro atoms. The number of benzene rings is 2. The molecule has 1 atom stereocenters. The molecule has 0 radical (unpaired) electrons. The number of nitrogens with one attached hydrogen (secondary N) is 1. The molecule has 0 saturated heterocycles. The van der Waals surface area contributed by atoms with Crippen molar-refractivity contribution in [1.29, 1.82) is 0 Å². The maximum absolute atomic E-state index is 9.40. The summed E-state index contributed by atoms with van der Waals surface area (Å²) >= 11 is 0. The predicted octanol–water partition coefficient (Wildman–Crippen LogP) is 3.53. The fraction of sp³-hybridized carbons (Fsp3) is 0.250. The number of aryl methyl sites for hydroxylation is 1. The Morgan fingerprint density at radius 2 is 1.74 bits per heavy atom. The number of anilines is 1. The van der Waals surface area contributed by atoms with Crippen LogP contribution in [0.4, 0.5) is 5.69 Å². The zero-order valence-corrected chi connectivity index (χ0v) is 11.0. The lowest BCUT2D eigenvalue weighted by Gasteiger charge is -2.15. The van der Waals surface area contributed by atoms with Gasteiger partial charge in [-0.25, -0.2) is 0 Å². The molecule has 19 heavy (non-hydrogen) atoms. The molecule has 3 N–H and O–H groups in total. The largest absolute Gasteiger partial charge is 0.508 e. The summed E-state index contributed by atoms with van der Waals surface area (Å²) in [6.45, 7) is 2.12. The third kappa shape index (κ3) is 4.21. The maximum atomic E-state index is 9.40. The van der Waals surface area contributed by atoms with Gasteiger partial charge in [-0.2, -0.15) is 0 Å². The summed E-state index contributed by atoms with van der Waals surface area (Å²) in [5, 5.41) is 22.0. The molecular formula is C16H19NO2. The van der Waals surface area contributed by atoms with Crippen molar-refractivity contribution in [1.82, 2.24) is 0 Å². The molecule has 0 aliphatic rings. The van der Waals surface area contributed by atoms with Crippen LogP contribution in [0.1, 0.15) is 18.9 Å². The van der Waals surface area contributed by atoms with Gasteiger partial charge in [0.1, 0.15) is 11.5 Å². The molecule has 1 unspecified atom stereocenters. The van der Waals surface area contributed by atoms with Crippen molar-refractivity contribution in [3.05, 3.63) is 54.1 Å². The van der Waals surface area contributed by atoms with Crippen LogP contribution in [0.5, 0.6) is 11.5 Å². The third-order valence-electron chi connectivity index (χ3n) is 3.06. The second-order valence-corrected chi connectivity index (χ2v) is 4.80. The van der Waals surface area contributed by atoms with Crippen LogP contribution in [0.2, 0.25) is 0 Å². The van der Waals surface area contributed by atoms with Crippen molar-refractivity contribution in [2.45, 2.75) is 25.8 Å². The first kappa shape index (κ1) is 13.3. The lowest BCUT2D eigenvalue weighted by Crippen LogP contribution is -2.15. The highest BCUT2D eigenvalue weighted by Crippen LogP contribution is 2.18. The van der Waals surface area contributed by atoms with Gasteiger partial charge in [-0.05, 0) is 49.6 Å². The minimum Gasteiger partial charge on any atom is -0.508 e. The normalized spacial score (nSPS) is 12.1. The highest BCUT2D eigenvalue weighted by atomic mass is 16.3. The molecule has 2 aromatic rings. The van der Waals surface area contributed by atoms with E-state index in [0.717, 1.165) is 18.5 Å². The predicted molar refractivity (Wildman–Crippen MR) is 77.6 cm³/mol. The molecule has 2 aromatic carbocycles. The van der Waals surface area contributed by atoms with E-state index < -0.39 is 0 Å². The summed E-state index contributed by atoms with van der Waals surface area (Å²) in [6.07, 6.45) is 1.94. The van der Waals surface area contributed by atoms with E-state index in [-0.39, 0.29) is 5.75 Å². The molecule has 0 aliphatic carbocycles. The van der Waals surface area contributed by atoms with Crippen molar-refractivity contribution in [3.8, 4) is 11.5 Å². The Morgan fingerprint density at radius 1 is 1.00 bits per heavy atom. The van der Waals surface area contributed by atoms with E-state index in [4.69, 9.17) is 0 Å². The zero-order chi connectivity index (χ0) is 13.7. The Hall–Kier alpha value is -2.16. The standard InChI is InChI=1S/C16H19NO2/c1-12(17-14-3-2-4-16(19)11-14)5-6-13-7-9-15(18)10-8-13/h2-4,7-12,17-19H,5-6H2,1H3. The van der Waals surface area contributed by atoms with Crippen molar-refractivity contribution in [3.63, 3.8) is 0 Å². The molecule has 2 rings (SSSR count). The van der Waals surface area contributed by atoms with Gasteiger partial charge in [-0.1, -0.05) is 18.2 Å². The molecular weight excluding hydrogens is 238 g/mol. The molecule has 0 heterocycles. The Labute approximate surface area is 113 Å². The molecule has 0 saturated carbocycles. The zero-order valence-electron chi connectivity index (χ0n) is 11.0.